The summed E-state index contributed by atoms with van der Waals surface area (Å²) in [5.41, 5.74) is 0.694. The van der Waals surface area contributed by atoms with Crippen LogP contribution in [0.4, 0.5) is 0 Å². The highest BCUT2D eigenvalue weighted by Crippen LogP contribution is 2.39. The third-order valence-corrected chi connectivity index (χ3v) is 9.95. The summed E-state index contributed by atoms with van der Waals surface area (Å²) in [6, 6.07) is 15.3. The minimum atomic E-state index is -0.164. The Labute approximate surface area is 233 Å². The molecule has 4 unspecified atom stereocenters. The molecule has 2 aliphatic rings. The molecule has 4 rings (SSSR count). The second kappa shape index (κ2) is 14.6. The summed E-state index contributed by atoms with van der Waals surface area (Å²) >= 11 is 8.18. The molecule has 2 fully saturated rings. The van der Waals surface area contributed by atoms with Crippen LogP contribution < -0.4 is 0 Å². The molecule has 1 aliphatic carbocycles. The Balaban J connectivity index is 1.56. The maximum Gasteiger partial charge on any atom is 0.179 e. The monoisotopic (exact) mass is 541 g/mol. The fourth-order valence-electron chi connectivity index (χ4n) is 6.30. The normalized spacial score (nSPS) is 25.5. The second-order valence-corrected chi connectivity index (χ2v) is 13.0. The minimum Gasteiger partial charge on any atom is -0.508 e. The quantitative estimate of drug-likeness (QED) is 0.383. The molecular formula is C32H44ClNO2S. The predicted octanol–water partition coefficient (Wildman–Crippen LogP) is 9.16. The average Bonchev–Trinajstić information content (AvgIpc) is 3.10. The first-order valence-electron chi connectivity index (χ1n) is 14.5. The number of halogens is 1. The van der Waals surface area contributed by atoms with Crippen molar-refractivity contribution in [1.82, 2.24) is 4.90 Å². The van der Waals surface area contributed by atoms with Crippen molar-refractivity contribution < 1.29 is 9.90 Å². The lowest BCUT2D eigenvalue weighted by molar-refractivity contribution is 0.0729. The van der Waals surface area contributed by atoms with Crippen LogP contribution in [0.5, 0.6) is 5.75 Å². The summed E-state index contributed by atoms with van der Waals surface area (Å²) in [5.74, 6) is 1.14. The number of phenols is 1. The van der Waals surface area contributed by atoms with Gasteiger partial charge >= 0.3 is 0 Å². The molecule has 2 aromatic carbocycles. The van der Waals surface area contributed by atoms with E-state index in [0.717, 1.165) is 30.3 Å². The zero-order valence-corrected chi connectivity index (χ0v) is 24.0. The van der Waals surface area contributed by atoms with E-state index in [2.05, 4.69) is 24.0 Å². The van der Waals surface area contributed by atoms with Gasteiger partial charge in [-0.1, -0.05) is 63.0 Å². The third kappa shape index (κ3) is 8.76. The summed E-state index contributed by atoms with van der Waals surface area (Å²) in [5, 5.41) is 11.0. The van der Waals surface area contributed by atoms with Crippen LogP contribution in [-0.4, -0.2) is 39.7 Å². The molecule has 37 heavy (non-hydrogen) atoms. The van der Waals surface area contributed by atoms with Gasteiger partial charge in [0.05, 0.1) is 6.04 Å². The van der Waals surface area contributed by atoms with Crippen LogP contribution in [-0.2, 0) is 0 Å². The molecule has 1 saturated carbocycles. The number of fused-ring (bicyclic) bond motifs is 3. The van der Waals surface area contributed by atoms with Gasteiger partial charge in [-0.2, -0.15) is 0 Å². The number of carbonyl (C=O) groups excluding carboxylic acids is 1. The molecule has 0 spiro atoms. The van der Waals surface area contributed by atoms with Gasteiger partial charge in [0.25, 0.3) is 0 Å². The molecule has 202 valence electrons. The van der Waals surface area contributed by atoms with Gasteiger partial charge in [0.2, 0.25) is 0 Å². The van der Waals surface area contributed by atoms with Gasteiger partial charge in [0.1, 0.15) is 5.75 Å². The molecule has 1 N–H and O–H groups in total. The lowest BCUT2D eigenvalue weighted by Crippen LogP contribution is -2.47. The molecule has 1 heterocycles. The number of ketones is 1. The average molecular weight is 542 g/mol. The molecule has 1 aliphatic heterocycles. The highest BCUT2D eigenvalue weighted by molar-refractivity contribution is 8.00. The number of hydrogen-bond donors (Lipinski definition) is 1. The van der Waals surface area contributed by atoms with E-state index < -0.39 is 0 Å². The van der Waals surface area contributed by atoms with Crippen LogP contribution in [0.2, 0.25) is 5.02 Å². The Morgan fingerprint density at radius 1 is 0.865 bits per heavy atom. The Kier molecular flexibility index (Phi) is 11.3. The summed E-state index contributed by atoms with van der Waals surface area (Å²) in [7, 11) is 0. The molecule has 0 aromatic heterocycles. The van der Waals surface area contributed by atoms with E-state index >= 15 is 0 Å². The number of phenolic OH excluding ortho intramolecular Hbond substituents is 1. The van der Waals surface area contributed by atoms with E-state index in [1.165, 1.54) is 75.5 Å². The molecular weight excluding hydrogens is 498 g/mol. The molecule has 4 atom stereocenters. The lowest BCUT2D eigenvalue weighted by atomic mass is 9.93. The van der Waals surface area contributed by atoms with Crippen molar-refractivity contribution in [2.45, 2.75) is 113 Å². The van der Waals surface area contributed by atoms with Gasteiger partial charge in [-0.3, -0.25) is 9.69 Å². The Morgan fingerprint density at radius 3 is 2.22 bits per heavy atom. The maximum absolute atomic E-state index is 13.6. The predicted molar refractivity (Wildman–Crippen MR) is 157 cm³/mol. The highest BCUT2D eigenvalue weighted by atomic mass is 35.5. The van der Waals surface area contributed by atoms with Gasteiger partial charge in [-0.25, -0.2) is 0 Å². The zero-order chi connectivity index (χ0) is 26.0. The summed E-state index contributed by atoms with van der Waals surface area (Å²) in [6.45, 7) is 3.09. The van der Waals surface area contributed by atoms with Crippen LogP contribution in [0.15, 0.2) is 53.4 Å². The van der Waals surface area contributed by atoms with Crippen LogP contribution in [0.1, 0.15) is 101 Å². The largest absolute Gasteiger partial charge is 0.508 e. The number of carbonyl (C=O) groups is 1. The van der Waals surface area contributed by atoms with E-state index in [1.54, 1.807) is 24.3 Å². The Bertz CT molecular complexity index is 964. The van der Waals surface area contributed by atoms with Crippen LogP contribution in [0.25, 0.3) is 0 Å². The third-order valence-electron chi connectivity index (χ3n) is 8.43. The number of rotatable bonds is 5. The molecule has 0 amide bonds. The zero-order valence-electron chi connectivity index (χ0n) is 22.4. The number of thioether (sulfide) groups is 1. The topological polar surface area (TPSA) is 40.5 Å². The van der Waals surface area contributed by atoms with Gasteiger partial charge in [-0.15, -0.1) is 11.8 Å². The van der Waals surface area contributed by atoms with E-state index in [1.807, 2.05) is 23.9 Å². The van der Waals surface area contributed by atoms with Crippen LogP contribution in [0, 0.1) is 5.92 Å². The van der Waals surface area contributed by atoms with Crippen molar-refractivity contribution in [2.75, 3.05) is 6.54 Å². The summed E-state index contributed by atoms with van der Waals surface area (Å²) in [6.07, 6.45) is 16.7. The standard InChI is InChI=1S/C32H44ClNO2S/c1-24(32(36)26-12-17-29(35)18-13-26)34-21-9-7-5-3-2-4-6-8-10-25-11-16-28(34)23-31(22-25)37-30-19-14-27(33)15-20-30/h12-15,17-20,24-25,28,31,35H,2-11,16,21-23H2,1H3. The molecule has 5 heteroatoms. The van der Waals surface area contributed by atoms with Gasteiger partial charge in [0.15, 0.2) is 5.78 Å². The summed E-state index contributed by atoms with van der Waals surface area (Å²) < 4.78 is 0. The molecule has 0 radical (unpaired) electrons. The van der Waals surface area contributed by atoms with Crippen LogP contribution in [0.3, 0.4) is 0 Å². The second-order valence-electron chi connectivity index (χ2n) is 11.2. The van der Waals surface area contributed by atoms with E-state index in [0.29, 0.717) is 16.9 Å². The molecule has 1 saturated heterocycles. The first-order valence-corrected chi connectivity index (χ1v) is 15.8. The molecule has 3 nitrogen and oxygen atoms in total. The Morgan fingerprint density at radius 2 is 1.51 bits per heavy atom. The van der Waals surface area contributed by atoms with Crippen molar-refractivity contribution in [3.05, 3.63) is 59.1 Å². The highest BCUT2D eigenvalue weighted by Gasteiger charge is 2.34. The van der Waals surface area contributed by atoms with Gasteiger partial charge in [-0.05, 0) is 100 Å². The van der Waals surface area contributed by atoms with Crippen molar-refractivity contribution in [1.29, 1.82) is 0 Å². The van der Waals surface area contributed by atoms with Gasteiger partial charge < -0.3 is 5.11 Å². The van der Waals surface area contributed by atoms with Crippen molar-refractivity contribution >= 4 is 29.1 Å². The molecule has 2 aromatic rings. The number of benzene rings is 2. The van der Waals surface area contributed by atoms with Crippen molar-refractivity contribution in [3.63, 3.8) is 0 Å². The van der Waals surface area contributed by atoms with Crippen molar-refractivity contribution in [3.8, 4) is 5.75 Å². The fraction of sp³-hybridized carbons (Fsp3) is 0.594. The first-order chi connectivity index (χ1) is 18.0. The summed E-state index contributed by atoms with van der Waals surface area (Å²) in [4.78, 5) is 17.4. The van der Waals surface area contributed by atoms with Gasteiger partial charge in [0, 0.05) is 26.8 Å². The number of aromatic hydroxyl groups is 1. The van der Waals surface area contributed by atoms with Crippen LogP contribution >= 0.6 is 23.4 Å². The fourth-order valence-corrected chi connectivity index (χ4v) is 7.79. The first kappa shape index (κ1) is 28.5. The molecule has 2 bridgehead atoms. The lowest BCUT2D eigenvalue weighted by Gasteiger charge is -2.37. The van der Waals surface area contributed by atoms with E-state index in [-0.39, 0.29) is 17.6 Å². The van der Waals surface area contributed by atoms with E-state index in [4.69, 9.17) is 11.6 Å². The number of Topliss-reactive ketones (excluding diaryl/α,β-unsaturated/α-hetero) is 1. The SMILES string of the molecule is CC(C(=O)c1ccc(O)cc1)N1CCCCCCCCCCC2CCC1CC(Sc1ccc(Cl)cc1)C2. The number of hydrogen-bond acceptors (Lipinski definition) is 4. The minimum absolute atomic E-state index is 0.164. The van der Waals surface area contributed by atoms with E-state index in [9.17, 15) is 9.90 Å². The maximum atomic E-state index is 13.6. The number of nitrogens with zero attached hydrogens (tertiary/aromatic N) is 1. The Hall–Kier alpha value is -1.49. The smallest absolute Gasteiger partial charge is 0.179 e. The van der Waals surface area contributed by atoms with Crippen molar-refractivity contribution in [2.24, 2.45) is 5.92 Å².